The number of ether oxygens (including phenoxy) is 2. The van der Waals surface area contributed by atoms with E-state index in [2.05, 4.69) is 5.32 Å². The molecule has 2 amide bonds. The second-order valence-corrected chi connectivity index (χ2v) is 6.21. The van der Waals surface area contributed by atoms with E-state index in [1.54, 1.807) is 19.1 Å². The maximum atomic E-state index is 12.6. The molecule has 1 unspecified atom stereocenters. The number of carbonyl (C=O) groups excluding carboxylic acids is 2. The molecule has 1 aliphatic rings. The van der Waals surface area contributed by atoms with Crippen LogP contribution in [0.25, 0.3) is 0 Å². The van der Waals surface area contributed by atoms with Crippen LogP contribution in [0.15, 0.2) is 24.3 Å². The fourth-order valence-electron chi connectivity index (χ4n) is 2.96. The van der Waals surface area contributed by atoms with Gasteiger partial charge in [-0.05, 0) is 37.5 Å². The summed E-state index contributed by atoms with van der Waals surface area (Å²) in [5, 5.41) is 2.92. The zero-order chi connectivity index (χ0) is 17.6. The minimum absolute atomic E-state index is 0.00682. The summed E-state index contributed by atoms with van der Waals surface area (Å²) in [7, 11) is 3.24. The number of amides is 2. The van der Waals surface area contributed by atoms with Crippen molar-refractivity contribution >= 4 is 11.8 Å². The van der Waals surface area contributed by atoms with E-state index in [4.69, 9.17) is 9.47 Å². The van der Waals surface area contributed by atoms with Crippen molar-refractivity contribution in [3.63, 3.8) is 0 Å². The van der Waals surface area contributed by atoms with E-state index >= 15 is 0 Å². The van der Waals surface area contributed by atoms with E-state index in [1.165, 1.54) is 0 Å². The molecule has 1 N–H and O–H groups in total. The molecule has 1 fully saturated rings. The molecule has 0 spiro atoms. The smallest absolute Gasteiger partial charge is 0.245 e. The van der Waals surface area contributed by atoms with E-state index in [0.29, 0.717) is 32.5 Å². The summed E-state index contributed by atoms with van der Waals surface area (Å²) in [6.45, 7) is 3.38. The molecule has 1 aliphatic heterocycles. The van der Waals surface area contributed by atoms with Crippen LogP contribution in [0.3, 0.4) is 0 Å². The molecule has 2 rings (SSSR count). The largest absolute Gasteiger partial charge is 0.497 e. The Hall–Kier alpha value is -2.08. The highest BCUT2D eigenvalue weighted by atomic mass is 16.5. The van der Waals surface area contributed by atoms with Crippen molar-refractivity contribution in [1.29, 1.82) is 0 Å². The van der Waals surface area contributed by atoms with Gasteiger partial charge in [0.25, 0.3) is 0 Å². The molecule has 1 atom stereocenters. The van der Waals surface area contributed by atoms with Gasteiger partial charge in [0.15, 0.2) is 0 Å². The van der Waals surface area contributed by atoms with Gasteiger partial charge in [-0.15, -0.1) is 0 Å². The molecule has 1 aromatic carbocycles. The average Bonchev–Trinajstić information content (AvgIpc) is 2.88. The highest BCUT2D eigenvalue weighted by Crippen LogP contribution is 2.32. The van der Waals surface area contributed by atoms with Crippen molar-refractivity contribution in [3.05, 3.63) is 29.8 Å². The van der Waals surface area contributed by atoms with Gasteiger partial charge in [0.1, 0.15) is 11.3 Å². The van der Waals surface area contributed by atoms with Gasteiger partial charge in [-0.25, -0.2) is 0 Å². The molecule has 1 saturated heterocycles. The van der Waals surface area contributed by atoms with Crippen LogP contribution in [0, 0.1) is 0 Å². The third kappa shape index (κ3) is 4.06. The first-order valence-corrected chi connectivity index (χ1v) is 8.22. The van der Waals surface area contributed by atoms with Gasteiger partial charge in [0, 0.05) is 33.2 Å². The molecule has 24 heavy (non-hydrogen) atoms. The summed E-state index contributed by atoms with van der Waals surface area (Å²) < 4.78 is 10.2. The fourth-order valence-corrected chi connectivity index (χ4v) is 2.96. The maximum Gasteiger partial charge on any atom is 0.245 e. The molecular weight excluding hydrogens is 308 g/mol. The van der Waals surface area contributed by atoms with Gasteiger partial charge in [-0.3, -0.25) is 9.59 Å². The topological polar surface area (TPSA) is 67.9 Å². The fraction of sp³-hybridized carbons (Fsp3) is 0.556. The Morgan fingerprint density at radius 2 is 2.17 bits per heavy atom. The van der Waals surface area contributed by atoms with E-state index in [1.807, 2.05) is 31.2 Å². The standard InChI is InChI=1S/C18H26N2O4/c1-18(17(22)19-10-5-11-23-2)9-8-16(21)20(18)13-14-6-4-7-15(12-14)24-3/h4,6-7,12H,5,8-11,13H2,1-3H3,(H,19,22). The number of benzene rings is 1. The molecule has 0 saturated carbocycles. The van der Waals surface area contributed by atoms with E-state index in [0.717, 1.165) is 17.7 Å². The second kappa shape index (κ2) is 8.15. The van der Waals surface area contributed by atoms with Crippen molar-refractivity contribution in [2.45, 2.75) is 38.3 Å². The first-order chi connectivity index (χ1) is 11.5. The number of nitrogens with one attached hydrogen (secondary N) is 1. The summed E-state index contributed by atoms with van der Waals surface area (Å²) in [6.07, 6.45) is 1.68. The molecule has 1 aromatic rings. The van der Waals surface area contributed by atoms with Crippen LogP contribution in [-0.4, -0.2) is 49.6 Å². The molecule has 6 heteroatoms. The molecule has 6 nitrogen and oxygen atoms in total. The van der Waals surface area contributed by atoms with Gasteiger partial charge in [0.2, 0.25) is 11.8 Å². The molecular formula is C18H26N2O4. The van der Waals surface area contributed by atoms with Crippen LogP contribution in [0.5, 0.6) is 5.75 Å². The lowest BCUT2D eigenvalue weighted by molar-refractivity contribution is -0.141. The first kappa shape index (κ1) is 18.3. The third-order valence-electron chi connectivity index (χ3n) is 4.50. The van der Waals surface area contributed by atoms with Gasteiger partial charge in [-0.2, -0.15) is 0 Å². The summed E-state index contributed by atoms with van der Waals surface area (Å²) in [4.78, 5) is 26.6. The van der Waals surface area contributed by atoms with E-state index in [9.17, 15) is 9.59 Å². The van der Waals surface area contributed by atoms with Crippen molar-refractivity contribution < 1.29 is 19.1 Å². The van der Waals surface area contributed by atoms with Crippen LogP contribution < -0.4 is 10.1 Å². The maximum absolute atomic E-state index is 12.6. The number of hydrogen-bond acceptors (Lipinski definition) is 4. The zero-order valence-electron chi connectivity index (χ0n) is 14.6. The van der Waals surface area contributed by atoms with Gasteiger partial charge in [-0.1, -0.05) is 12.1 Å². The van der Waals surface area contributed by atoms with Crippen LogP contribution in [0.4, 0.5) is 0 Å². The highest BCUT2D eigenvalue weighted by molar-refractivity contribution is 5.94. The Bertz CT molecular complexity index is 590. The van der Waals surface area contributed by atoms with E-state index in [-0.39, 0.29) is 11.8 Å². The van der Waals surface area contributed by atoms with Crippen molar-refractivity contribution in [2.75, 3.05) is 27.4 Å². The number of nitrogens with zero attached hydrogens (tertiary/aromatic N) is 1. The predicted molar refractivity (Wildman–Crippen MR) is 90.7 cm³/mol. The Labute approximate surface area is 143 Å². The SMILES string of the molecule is COCCCNC(=O)C1(C)CCC(=O)N1Cc1cccc(OC)c1. The summed E-state index contributed by atoms with van der Waals surface area (Å²) in [5.41, 5.74) is 0.135. The lowest BCUT2D eigenvalue weighted by atomic mass is 9.97. The third-order valence-corrected chi connectivity index (χ3v) is 4.50. The van der Waals surface area contributed by atoms with Crippen LogP contribution in [-0.2, 0) is 20.9 Å². The average molecular weight is 334 g/mol. The Kier molecular flexibility index (Phi) is 6.20. The molecule has 0 bridgehead atoms. The van der Waals surface area contributed by atoms with Gasteiger partial charge >= 0.3 is 0 Å². The van der Waals surface area contributed by atoms with Gasteiger partial charge < -0.3 is 19.7 Å². The van der Waals surface area contributed by atoms with Crippen LogP contribution >= 0.6 is 0 Å². The Balaban J connectivity index is 2.07. The molecule has 1 heterocycles. The summed E-state index contributed by atoms with van der Waals surface area (Å²) in [5.74, 6) is 0.643. The number of carbonyl (C=O) groups is 2. The van der Waals surface area contributed by atoms with Crippen LogP contribution in [0.2, 0.25) is 0 Å². The monoisotopic (exact) mass is 334 g/mol. The molecule has 0 aliphatic carbocycles. The lowest BCUT2D eigenvalue weighted by Gasteiger charge is -2.34. The van der Waals surface area contributed by atoms with E-state index < -0.39 is 5.54 Å². The number of hydrogen-bond donors (Lipinski definition) is 1. The predicted octanol–water partition coefficient (Wildman–Crippen LogP) is 1.73. The quantitative estimate of drug-likeness (QED) is 0.735. The van der Waals surface area contributed by atoms with Crippen LogP contribution in [0.1, 0.15) is 31.7 Å². The number of rotatable bonds is 8. The lowest BCUT2D eigenvalue weighted by Crippen LogP contribution is -2.54. The van der Waals surface area contributed by atoms with Crippen molar-refractivity contribution in [1.82, 2.24) is 10.2 Å². The molecule has 0 aromatic heterocycles. The Morgan fingerprint density at radius 3 is 2.88 bits per heavy atom. The number of likely N-dealkylation sites (tertiary alicyclic amines) is 1. The zero-order valence-corrected chi connectivity index (χ0v) is 14.6. The number of methoxy groups -OCH3 is 2. The van der Waals surface area contributed by atoms with Crippen molar-refractivity contribution in [2.24, 2.45) is 0 Å². The van der Waals surface area contributed by atoms with Crippen molar-refractivity contribution in [3.8, 4) is 5.75 Å². The molecule has 0 radical (unpaired) electrons. The summed E-state index contributed by atoms with van der Waals surface area (Å²) in [6, 6.07) is 7.57. The van der Waals surface area contributed by atoms with Gasteiger partial charge in [0.05, 0.1) is 7.11 Å². The first-order valence-electron chi connectivity index (χ1n) is 8.22. The Morgan fingerprint density at radius 1 is 1.38 bits per heavy atom. The second-order valence-electron chi connectivity index (χ2n) is 6.21. The minimum Gasteiger partial charge on any atom is -0.497 e. The summed E-state index contributed by atoms with van der Waals surface area (Å²) >= 11 is 0. The normalized spacial score (nSPS) is 20.3. The highest BCUT2D eigenvalue weighted by Gasteiger charge is 2.46. The molecule has 132 valence electrons. The minimum atomic E-state index is -0.812.